The van der Waals surface area contributed by atoms with Crippen LogP contribution >= 0.6 is 0 Å². The van der Waals surface area contributed by atoms with Crippen LogP contribution in [0.2, 0.25) is 0 Å². The summed E-state index contributed by atoms with van der Waals surface area (Å²) in [6.07, 6.45) is 5.51. The first-order chi connectivity index (χ1) is 13.9. The molecular formula is C23H24N4O2. The molecule has 0 unspecified atom stereocenters. The number of hydrogen-bond donors (Lipinski definition) is 3. The monoisotopic (exact) mass is 388 g/mol. The summed E-state index contributed by atoms with van der Waals surface area (Å²) in [5, 5.41) is 6.87. The van der Waals surface area contributed by atoms with Crippen molar-refractivity contribution >= 4 is 34.2 Å². The van der Waals surface area contributed by atoms with Gasteiger partial charge in [0.25, 0.3) is 5.91 Å². The molecule has 1 aromatic carbocycles. The van der Waals surface area contributed by atoms with Crippen LogP contribution in [-0.2, 0) is 9.59 Å². The van der Waals surface area contributed by atoms with E-state index in [9.17, 15) is 9.59 Å². The van der Waals surface area contributed by atoms with E-state index in [0.717, 1.165) is 46.1 Å². The smallest absolute Gasteiger partial charge is 0.251 e. The van der Waals surface area contributed by atoms with Gasteiger partial charge in [0.05, 0.1) is 11.2 Å². The second kappa shape index (κ2) is 7.54. The van der Waals surface area contributed by atoms with Gasteiger partial charge in [-0.05, 0) is 57.4 Å². The molecule has 2 aromatic heterocycles. The van der Waals surface area contributed by atoms with Gasteiger partial charge < -0.3 is 15.6 Å². The predicted octanol–water partition coefficient (Wildman–Crippen LogP) is 4.87. The zero-order valence-electron chi connectivity index (χ0n) is 16.8. The van der Waals surface area contributed by atoms with E-state index in [4.69, 9.17) is 0 Å². The molecule has 148 valence electrons. The van der Waals surface area contributed by atoms with E-state index >= 15 is 0 Å². The van der Waals surface area contributed by atoms with Crippen molar-refractivity contribution in [3.63, 3.8) is 0 Å². The number of aromatic nitrogens is 2. The summed E-state index contributed by atoms with van der Waals surface area (Å²) in [5.74, 6) is 0.609. The van der Waals surface area contributed by atoms with Gasteiger partial charge in [-0.1, -0.05) is 17.7 Å². The number of carbonyl (C=O) groups is 2. The maximum Gasteiger partial charge on any atom is 0.251 e. The molecule has 0 aliphatic heterocycles. The fourth-order valence-corrected chi connectivity index (χ4v) is 3.18. The number of benzene rings is 1. The SMILES string of the molecule is CC(C)=C(C)C(=O)Nc1cccc2c(-c3ccnc(NC(=O)C4CC4)c3)c[nH]c12. The van der Waals surface area contributed by atoms with Gasteiger partial charge in [-0.15, -0.1) is 0 Å². The fourth-order valence-electron chi connectivity index (χ4n) is 3.18. The van der Waals surface area contributed by atoms with E-state index < -0.39 is 0 Å². The maximum atomic E-state index is 12.5. The van der Waals surface area contributed by atoms with Crippen LogP contribution in [0.5, 0.6) is 0 Å². The van der Waals surface area contributed by atoms with E-state index in [0.29, 0.717) is 11.4 Å². The highest BCUT2D eigenvalue weighted by Gasteiger charge is 2.29. The standard InChI is InChI=1S/C23H24N4O2/c1-13(2)14(3)22(28)26-19-6-4-5-17-18(12-25-21(17)19)16-9-10-24-20(11-16)27-23(29)15-7-8-15/h4-6,9-12,15,25H,7-8H2,1-3H3,(H,26,28)(H,24,27,29). The van der Waals surface area contributed by atoms with Gasteiger partial charge >= 0.3 is 0 Å². The molecule has 0 bridgehead atoms. The van der Waals surface area contributed by atoms with E-state index in [1.807, 2.05) is 57.3 Å². The minimum Gasteiger partial charge on any atom is -0.359 e. The Morgan fingerprint density at radius 3 is 2.62 bits per heavy atom. The van der Waals surface area contributed by atoms with E-state index in [1.54, 1.807) is 6.20 Å². The van der Waals surface area contributed by atoms with Crippen LogP contribution in [0.4, 0.5) is 11.5 Å². The third-order valence-electron chi connectivity index (χ3n) is 5.32. The molecule has 4 rings (SSSR count). The zero-order chi connectivity index (χ0) is 20.5. The average molecular weight is 388 g/mol. The molecule has 6 heteroatoms. The minimum absolute atomic E-state index is 0.0354. The highest BCUT2D eigenvalue weighted by atomic mass is 16.2. The quantitative estimate of drug-likeness (QED) is 0.545. The topological polar surface area (TPSA) is 86.9 Å². The molecule has 1 saturated carbocycles. The van der Waals surface area contributed by atoms with E-state index in [-0.39, 0.29) is 17.7 Å². The van der Waals surface area contributed by atoms with E-state index in [2.05, 4.69) is 20.6 Å². The number of nitrogens with one attached hydrogen (secondary N) is 3. The van der Waals surface area contributed by atoms with Crippen molar-refractivity contribution < 1.29 is 9.59 Å². The first-order valence-electron chi connectivity index (χ1n) is 9.77. The molecule has 3 N–H and O–H groups in total. The van der Waals surface area contributed by atoms with Gasteiger partial charge in [0, 0.05) is 34.8 Å². The summed E-state index contributed by atoms with van der Waals surface area (Å²) in [7, 11) is 0. The number of pyridine rings is 1. The zero-order valence-corrected chi connectivity index (χ0v) is 16.8. The predicted molar refractivity (Wildman–Crippen MR) is 116 cm³/mol. The van der Waals surface area contributed by atoms with Crippen LogP contribution in [0.3, 0.4) is 0 Å². The molecular weight excluding hydrogens is 364 g/mol. The van der Waals surface area contributed by atoms with Gasteiger partial charge in [0.2, 0.25) is 5.91 Å². The second-order valence-corrected chi connectivity index (χ2v) is 7.70. The Balaban J connectivity index is 1.65. The number of nitrogens with zero attached hydrogens (tertiary/aromatic N) is 1. The van der Waals surface area contributed by atoms with Gasteiger partial charge in [0.1, 0.15) is 5.82 Å². The molecule has 29 heavy (non-hydrogen) atoms. The molecule has 1 aliphatic carbocycles. The fraction of sp³-hybridized carbons (Fsp3) is 0.261. The van der Waals surface area contributed by atoms with Crippen LogP contribution in [0.25, 0.3) is 22.0 Å². The number of rotatable bonds is 5. The molecule has 1 aliphatic rings. The van der Waals surface area contributed by atoms with Gasteiger partial charge in [-0.25, -0.2) is 4.98 Å². The number of aromatic amines is 1. The highest BCUT2D eigenvalue weighted by molar-refractivity contribution is 6.10. The largest absolute Gasteiger partial charge is 0.359 e. The number of carbonyl (C=O) groups excluding carboxylic acids is 2. The van der Waals surface area contributed by atoms with Crippen LogP contribution in [0.1, 0.15) is 33.6 Å². The summed E-state index contributed by atoms with van der Waals surface area (Å²) in [5.41, 5.74) is 5.22. The first-order valence-corrected chi connectivity index (χ1v) is 9.77. The highest BCUT2D eigenvalue weighted by Crippen LogP contribution is 2.34. The number of allylic oxidation sites excluding steroid dienone is 1. The summed E-state index contributed by atoms with van der Waals surface area (Å²) < 4.78 is 0. The Labute approximate surface area is 169 Å². The van der Waals surface area contributed by atoms with Crippen molar-refractivity contribution in [1.29, 1.82) is 0 Å². The second-order valence-electron chi connectivity index (χ2n) is 7.70. The van der Waals surface area contributed by atoms with E-state index in [1.165, 1.54) is 0 Å². The summed E-state index contributed by atoms with van der Waals surface area (Å²) in [6.45, 7) is 5.66. The Morgan fingerprint density at radius 1 is 1.10 bits per heavy atom. The molecule has 0 atom stereocenters. The molecule has 2 heterocycles. The molecule has 6 nitrogen and oxygen atoms in total. The molecule has 1 fully saturated rings. The maximum absolute atomic E-state index is 12.5. The first kappa shape index (κ1) is 18.9. The number of fused-ring (bicyclic) bond motifs is 1. The third-order valence-corrected chi connectivity index (χ3v) is 5.32. The number of anilines is 2. The van der Waals surface area contributed by atoms with Crippen molar-refractivity contribution in [3.8, 4) is 11.1 Å². The average Bonchev–Trinajstić information content (AvgIpc) is 3.47. The number of amides is 2. The van der Waals surface area contributed by atoms with Crippen molar-refractivity contribution in [1.82, 2.24) is 9.97 Å². The Hall–Kier alpha value is -3.41. The summed E-state index contributed by atoms with van der Waals surface area (Å²) in [4.78, 5) is 32.0. The minimum atomic E-state index is -0.109. The Bertz CT molecular complexity index is 1130. The third kappa shape index (κ3) is 3.92. The van der Waals surface area contributed by atoms with Crippen molar-refractivity contribution in [2.45, 2.75) is 33.6 Å². The normalized spacial score (nSPS) is 13.2. The Morgan fingerprint density at radius 2 is 1.90 bits per heavy atom. The van der Waals surface area contributed by atoms with Crippen LogP contribution in [0, 0.1) is 5.92 Å². The van der Waals surface area contributed by atoms with Crippen LogP contribution in [0.15, 0.2) is 53.9 Å². The summed E-state index contributed by atoms with van der Waals surface area (Å²) in [6, 6.07) is 9.60. The Kier molecular flexibility index (Phi) is 4.92. The van der Waals surface area contributed by atoms with Crippen molar-refractivity contribution in [2.75, 3.05) is 10.6 Å². The lowest BCUT2D eigenvalue weighted by Gasteiger charge is -2.09. The lowest BCUT2D eigenvalue weighted by atomic mass is 10.0. The number of para-hydroxylation sites is 1. The molecule has 3 aromatic rings. The van der Waals surface area contributed by atoms with Gasteiger partial charge in [0.15, 0.2) is 0 Å². The van der Waals surface area contributed by atoms with Crippen molar-refractivity contribution in [2.24, 2.45) is 5.92 Å². The van der Waals surface area contributed by atoms with Crippen molar-refractivity contribution in [3.05, 3.63) is 53.9 Å². The molecule has 0 radical (unpaired) electrons. The van der Waals surface area contributed by atoms with Gasteiger partial charge in [-0.2, -0.15) is 0 Å². The molecule has 0 saturated heterocycles. The molecule has 0 spiro atoms. The van der Waals surface area contributed by atoms with Crippen LogP contribution in [-0.4, -0.2) is 21.8 Å². The summed E-state index contributed by atoms with van der Waals surface area (Å²) >= 11 is 0. The lowest BCUT2D eigenvalue weighted by Crippen LogP contribution is -2.14. The molecule has 2 amide bonds. The number of hydrogen-bond acceptors (Lipinski definition) is 3. The lowest BCUT2D eigenvalue weighted by molar-refractivity contribution is -0.117. The van der Waals surface area contributed by atoms with Crippen LogP contribution < -0.4 is 10.6 Å². The number of H-pyrrole nitrogens is 1. The van der Waals surface area contributed by atoms with Gasteiger partial charge in [-0.3, -0.25) is 9.59 Å².